The molecule has 302 valence electrons. The number of pyridine rings is 1. The molecule has 2 amide bonds. The summed E-state index contributed by atoms with van der Waals surface area (Å²) in [4.78, 5) is 52.0. The number of carbonyl (C=O) groups is 2. The maximum absolute atomic E-state index is 16.6. The van der Waals surface area contributed by atoms with Gasteiger partial charge in [-0.25, -0.2) is 4.39 Å². The number of amides is 2. The Morgan fingerprint density at radius 1 is 0.860 bits per heavy atom. The predicted octanol–water partition coefficient (Wildman–Crippen LogP) is 4.47. The molecule has 14 heteroatoms. The van der Waals surface area contributed by atoms with Crippen LogP contribution in [0.2, 0.25) is 0 Å². The minimum absolute atomic E-state index is 0. The summed E-state index contributed by atoms with van der Waals surface area (Å²) in [5, 5.41) is 7.91. The Hall–Kier alpha value is -5.02. The summed E-state index contributed by atoms with van der Waals surface area (Å²) < 4.78 is 31.2. The van der Waals surface area contributed by atoms with E-state index >= 15 is 4.39 Å². The molecular formula is C43H53FN8O5. The van der Waals surface area contributed by atoms with E-state index in [1.165, 1.54) is 6.07 Å². The third-order valence-corrected chi connectivity index (χ3v) is 12.0. The average Bonchev–Trinajstić information content (AvgIpc) is 3.81. The molecule has 0 spiro atoms. The van der Waals surface area contributed by atoms with E-state index in [9.17, 15) is 14.4 Å². The monoisotopic (exact) mass is 780 g/mol. The van der Waals surface area contributed by atoms with Gasteiger partial charge in [0.05, 0.1) is 11.1 Å². The minimum Gasteiger partial charge on any atom is -0.456 e. The lowest BCUT2D eigenvalue weighted by Crippen LogP contribution is -2.46. The number of likely N-dealkylation sites (N-methyl/N-ethyl adjacent to an activating group) is 2. The third kappa shape index (κ3) is 7.59. The van der Waals surface area contributed by atoms with Crippen molar-refractivity contribution in [2.75, 3.05) is 104 Å². The van der Waals surface area contributed by atoms with Crippen LogP contribution >= 0.6 is 0 Å². The molecule has 0 saturated carbocycles. The van der Waals surface area contributed by atoms with Crippen LogP contribution < -0.4 is 25.7 Å². The van der Waals surface area contributed by atoms with Crippen molar-refractivity contribution in [1.82, 2.24) is 34.8 Å². The number of nitrogens with zero attached hydrogens (tertiary/aromatic N) is 6. The predicted molar refractivity (Wildman–Crippen MR) is 222 cm³/mol. The van der Waals surface area contributed by atoms with Crippen molar-refractivity contribution in [1.29, 1.82) is 0 Å². The molecule has 2 N–H and O–H groups in total. The summed E-state index contributed by atoms with van der Waals surface area (Å²) in [5.41, 5.74) is 1.86. The fraction of sp³-hybridized carbons (Fsp3) is 0.465. The van der Waals surface area contributed by atoms with Crippen LogP contribution in [0.3, 0.4) is 0 Å². The molecule has 3 saturated heterocycles. The summed E-state index contributed by atoms with van der Waals surface area (Å²) in [6.45, 7) is 10.7. The Bertz CT molecular complexity index is 2380. The van der Waals surface area contributed by atoms with Crippen LogP contribution in [0.15, 0.2) is 57.9 Å². The number of rotatable bonds is 10. The fourth-order valence-corrected chi connectivity index (χ4v) is 8.66. The summed E-state index contributed by atoms with van der Waals surface area (Å²) in [6, 6.07) is 12.5. The first-order chi connectivity index (χ1) is 27.2. The van der Waals surface area contributed by atoms with E-state index in [4.69, 9.17) is 9.15 Å². The molecular weight excluding hydrogens is 728 g/mol. The zero-order valence-electron chi connectivity index (χ0n) is 32.1. The maximum atomic E-state index is 16.6. The van der Waals surface area contributed by atoms with Gasteiger partial charge in [-0.05, 0) is 51.7 Å². The van der Waals surface area contributed by atoms with Gasteiger partial charge >= 0.3 is 0 Å². The second kappa shape index (κ2) is 16.1. The lowest BCUT2D eigenvalue weighted by atomic mass is 10.0. The number of fused-ring (bicyclic) bond motifs is 5. The third-order valence-electron chi connectivity index (χ3n) is 12.0. The molecule has 0 radical (unpaired) electrons. The van der Waals surface area contributed by atoms with Crippen molar-refractivity contribution in [3.63, 3.8) is 0 Å². The number of halogens is 1. The lowest BCUT2D eigenvalue weighted by Gasteiger charge is -2.32. The molecule has 1 atom stereocenters. The number of nitrogens with one attached hydrogen (secondary N) is 2. The first-order valence-corrected chi connectivity index (χ1v) is 19.9. The normalized spacial score (nSPS) is 19.1. The number of furan rings is 1. The van der Waals surface area contributed by atoms with Gasteiger partial charge in [0, 0.05) is 114 Å². The number of aromatic nitrogens is 1. The first-order valence-electron chi connectivity index (χ1n) is 19.9. The quantitative estimate of drug-likeness (QED) is 0.193. The number of benzene rings is 3. The summed E-state index contributed by atoms with van der Waals surface area (Å²) in [5.74, 6) is -0.496. The zero-order valence-corrected chi connectivity index (χ0v) is 32.1. The Morgan fingerprint density at radius 3 is 2.33 bits per heavy atom. The van der Waals surface area contributed by atoms with Gasteiger partial charge in [0.25, 0.3) is 5.91 Å². The lowest BCUT2D eigenvalue weighted by molar-refractivity contribution is -0.122. The van der Waals surface area contributed by atoms with E-state index in [-0.39, 0.29) is 41.8 Å². The summed E-state index contributed by atoms with van der Waals surface area (Å²) >= 11 is 0. The van der Waals surface area contributed by atoms with E-state index in [0.29, 0.717) is 67.1 Å². The molecule has 4 aliphatic rings. The Balaban J connectivity index is 0.00000455. The van der Waals surface area contributed by atoms with Crippen LogP contribution in [0.25, 0.3) is 38.5 Å². The van der Waals surface area contributed by atoms with Gasteiger partial charge in [0.15, 0.2) is 17.3 Å². The van der Waals surface area contributed by atoms with Gasteiger partial charge in [-0.15, -0.1) is 0 Å². The van der Waals surface area contributed by atoms with Crippen LogP contribution in [0.5, 0.6) is 11.5 Å². The van der Waals surface area contributed by atoms with Crippen molar-refractivity contribution in [3.8, 4) is 17.2 Å². The van der Waals surface area contributed by atoms with Crippen LogP contribution in [-0.4, -0.2) is 141 Å². The molecule has 3 fully saturated rings. The summed E-state index contributed by atoms with van der Waals surface area (Å²) in [7, 11) is 4.23. The zero-order chi connectivity index (χ0) is 38.5. The molecule has 57 heavy (non-hydrogen) atoms. The number of para-hydroxylation sites is 1. The van der Waals surface area contributed by atoms with Gasteiger partial charge in [0.1, 0.15) is 27.9 Å². The molecule has 4 aliphatic heterocycles. The largest absolute Gasteiger partial charge is 0.456 e. The highest BCUT2D eigenvalue weighted by molar-refractivity contribution is 6.07. The molecule has 13 nitrogen and oxygen atoms in total. The van der Waals surface area contributed by atoms with Gasteiger partial charge in [-0.2, -0.15) is 0 Å². The van der Waals surface area contributed by atoms with Crippen molar-refractivity contribution in [3.05, 3.63) is 70.3 Å². The second-order valence-corrected chi connectivity index (χ2v) is 15.8. The average molecular weight is 781 g/mol. The topological polar surface area (TPSA) is 119 Å². The smallest absolute Gasteiger partial charge is 0.256 e. The molecule has 5 aromatic rings. The highest BCUT2D eigenvalue weighted by Crippen LogP contribution is 2.49. The molecule has 9 rings (SSSR count). The number of anilines is 1. The number of piperazine rings is 2. The van der Waals surface area contributed by atoms with Crippen molar-refractivity contribution >= 4 is 50.3 Å². The van der Waals surface area contributed by atoms with Crippen molar-refractivity contribution in [2.45, 2.75) is 32.7 Å². The number of hydrogen-bond acceptors (Lipinski definition) is 10. The van der Waals surface area contributed by atoms with Gasteiger partial charge in [-0.3, -0.25) is 14.4 Å². The van der Waals surface area contributed by atoms with Crippen molar-refractivity contribution in [2.24, 2.45) is 0 Å². The highest BCUT2D eigenvalue weighted by Gasteiger charge is 2.34. The summed E-state index contributed by atoms with van der Waals surface area (Å²) in [6.07, 6.45) is 3.34. The second-order valence-electron chi connectivity index (χ2n) is 15.8. The Labute approximate surface area is 331 Å². The van der Waals surface area contributed by atoms with E-state index in [2.05, 4.69) is 44.3 Å². The molecule has 0 unspecified atom stereocenters. The van der Waals surface area contributed by atoms with Crippen LogP contribution in [0, 0.1) is 5.82 Å². The molecule has 6 heterocycles. The van der Waals surface area contributed by atoms with Crippen LogP contribution in [-0.2, 0) is 4.79 Å². The van der Waals surface area contributed by atoms with Gasteiger partial charge in [-0.1, -0.05) is 25.6 Å². The SMILES string of the molecule is C.CN1CCN(CCCNC(=O)c2cn3c4c(c(N5CC[C@@H](NC(=O)CCN6CCN(C)CC6)C5)c(F)cc4c2=O)Oc2cc4c(cc2-3)oc2ccccc24)CC1. The van der Waals surface area contributed by atoms with E-state index < -0.39 is 17.2 Å². The minimum atomic E-state index is -0.624. The standard InChI is InChI=1S/C42H49FN8O5.CH4/c1-46-14-18-48(19-15-46)11-5-10-44-42(54)31-26-51-33-24-35-29(28-6-3-4-7-34(28)55-35)23-36(33)56-41-38(51)30(40(31)53)22-32(43)39(41)50-13-8-27(25-50)45-37(52)9-12-49-20-16-47(2)17-21-49;/h3-4,6-7,22-24,26-27H,5,8-21,25H2,1-2H3,(H,44,54)(H,45,52);1H4/t27-;/m1./s1. The highest BCUT2D eigenvalue weighted by atomic mass is 19.1. The fourth-order valence-electron chi connectivity index (χ4n) is 8.66. The number of carbonyl (C=O) groups excluding carboxylic acids is 2. The van der Waals surface area contributed by atoms with E-state index in [1.54, 1.807) is 10.8 Å². The molecule has 2 aromatic heterocycles. The number of hydrogen-bond donors (Lipinski definition) is 2. The Kier molecular flexibility index (Phi) is 11.0. The van der Waals surface area contributed by atoms with Crippen LogP contribution in [0.4, 0.5) is 10.1 Å². The maximum Gasteiger partial charge on any atom is 0.256 e. The first kappa shape index (κ1) is 38.8. The number of ether oxygens (including phenoxy) is 1. The van der Waals surface area contributed by atoms with Gasteiger partial charge in [0.2, 0.25) is 11.3 Å². The molecule has 0 aliphatic carbocycles. The molecule has 0 bridgehead atoms. The van der Waals surface area contributed by atoms with E-state index in [0.717, 1.165) is 76.1 Å². The molecule has 3 aromatic carbocycles. The Morgan fingerprint density at radius 2 is 1.58 bits per heavy atom. The van der Waals surface area contributed by atoms with Crippen LogP contribution in [0.1, 0.15) is 37.0 Å². The van der Waals surface area contributed by atoms with Crippen molar-refractivity contribution < 1.29 is 23.1 Å². The van der Waals surface area contributed by atoms with Gasteiger partial charge < -0.3 is 48.9 Å². The van der Waals surface area contributed by atoms with E-state index in [1.807, 2.05) is 41.3 Å².